The molecule has 1 aromatic rings. The van der Waals surface area contributed by atoms with Gasteiger partial charge in [0.1, 0.15) is 5.75 Å². The molecule has 6 heteroatoms. The molecule has 0 saturated heterocycles. The molecule has 1 aromatic carbocycles. The molecule has 1 rings (SSSR count). The van der Waals surface area contributed by atoms with Gasteiger partial charge >= 0.3 is 0 Å². The van der Waals surface area contributed by atoms with E-state index in [0.29, 0.717) is 18.7 Å². The van der Waals surface area contributed by atoms with Gasteiger partial charge in [0.25, 0.3) is 0 Å². The zero-order chi connectivity index (χ0) is 15.7. The van der Waals surface area contributed by atoms with E-state index in [1.165, 1.54) is 4.31 Å². The van der Waals surface area contributed by atoms with Gasteiger partial charge in [0.15, 0.2) is 0 Å². The SMILES string of the molecule is CCNCCCCS(=O)(=O)N(C)Cc1ccccc1OC. The van der Waals surface area contributed by atoms with Crippen LogP contribution in [-0.4, -0.2) is 45.7 Å². The minimum absolute atomic E-state index is 0.185. The third-order valence-corrected chi connectivity index (χ3v) is 5.20. The quantitative estimate of drug-likeness (QED) is 0.670. The minimum atomic E-state index is -3.22. The molecule has 120 valence electrons. The van der Waals surface area contributed by atoms with Crippen molar-refractivity contribution in [1.82, 2.24) is 9.62 Å². The van der Waals surface area contributed by atoms with Crippen molar-refractivity contribution in [3.8, 4) is 5.75 Å². The summed E-state index contributed by atoms with van der Waals surface area (Å²) >= 11 is 0. The standard InChI is InChI=1S/C15H26N2O3S/c1-4-16-11-7-8-12-21(18,19)17(2)13-14-9-5-6-10-15(14)20-3/h5-6,9-10,16H,4,7-8,11-13H2,1-3H3. The average Bonchev–Trinajstić information content (AvgIpc) is 2.47. The summed E-state index contributed by atoms with van der Waals surface area (Å²) in [6.45, 7) is 4.15. The molecular formula is C15H26N2O3S. The first-order chi connectivity index (χ1) is 10.0. The number of unbranched alkanes of at least 4 members (excludes halogenated alkanes) is 1. The predicted molar refractivity (Wildman–Crippen MR) is 86.0 cm³/mol. The molecule has 0 aromatic heterocycles. The Morgan fingerprint density at radius 2 is 1.95 bits per heavy atom. The normalized spacial score (nSPS) is 11.8. The number of para-hydroxylation sites is 1. The van der Waals surface area contributed by atoms with E-state index in [-0.39, 0.29) is 5.75 Å². The number of nitrogens with one attached hydrogen (secondary N) is 1. The zero-order valence-electron chi connectivity index (χ0n) is 13.1. The van der Waals surface area contributed by atoms with Crippen molar-refractivity contribution in [2.24, 2.45) is 0 Å². The Hall–Kier alpha value is -1.11. The van der Waals surface area contributed by atoms with E-state index in [1.54, 1.807) is 14.2 Å². The zero-order valence-corrected chi connectivity index (χ0v) is 13.9. The number of methoxy groups -OCH3 is 1. The summed E-state index contributed by atoms with van der Waals surface area (Å²) in [5.41, 5.74) is 0.874. The lowest BCUT2D eigenvalue weighted by Gasteiger charge is -2.18. The van der Waals surface area contributed by atoms with Crippen molar-refractivity contribution in [3.05, 3.63) is 29.8 Å². The van der Waals surface area contributed by atoms with Crippen LogP contribution < -0.4 is 10.1 Å². The fourth-order valence-electron chi connectivity index (χ4n) is 2.04. The third kappa shape index (κ3) is 6.03. The second-order valence-corrected chi connectivity index (χ2v) is 7.14. The van der Waals surface area contributed by atoms with Crippen LogP contribution in [0.3, 0.4) is 0 Å². The maximum Gasteiger partial charge on any atom is 0.214 e. The van der Waals surface area contributed by atoms with Gasteiger partial charge in [0, 0.05) is 19.2 Å². The van der Waals surface area contributed by atoms with E-state index < -0.39 is 10.0 Å². The van der Waals surface area contributed by atoms with Gasteiger partial charge in [0.05, 0.1) is 12.9 Å². The lowest BCUT2D eigenvalue weighted by molar-refractivity contribution is 0.398. The smallest absolute Gasteiger partial charge is 0.214 e. The van der Waals surface area contributed by atoms with Crippen LogP contribution in [0.5, 0.6) is 5.75 Å². The van der Waals surface area contributed by atoms with Gasteiger partial charge in [-0.15, -0.1) is 0 Å². The molecule has 0 amide bonds. The average molecular weight is 314 g/mol. The van der Waals surface area contributed by atoms with Gasteiger partial charge < -0.3 is 10.1 Å². The van der Waals surface area contributed by atoms with Crippen molar-refractivity contribution < 1.29 is 13.2 Å². The number of sulfonamides is 1. The Morgan fingerprint density at radius 3 is 2.62 bits per heavy atom. The summed E-state index contributed by atoms with van der Waals surface area (Å²) in [6.07, 6.45) is 1.54. The second-order valence-electron chi connectivity index (χ2n) is 4.94. The highest BCUT2D eigenvalue weighted by Crippen LogP contribution is 2.20. The molecule has 0 unspecified atom stereocenters. The lowest BCUT2D eigenvalue weighted by Crippen LogP contribution is -2.29. The largest absolute Gasteiger partial charge is 0.496 e. The van der Waals surface area contributed by atoms with E-state index in [0.717, 1.165) is 25.1 Å². The summed E-state index contributed by atoms with van der Waals surface area (Å²) in [6, 6.07) is 7.48. The summed E-state index contributed by atoms with van der Waals surface area (Å²) in [5.74, 6) is 0.899. The first-order valence-electron chi connectivity index (χ1n) is 7.28. The highest BCUT2D eigenvalue weighted by atomic mass is 32.2. The Morgan fingerprint density at radius 1 is 1.24 bits per heavy atom. The summed E-state index contributed by atoms with van der Waals surface area (Å²) in [5, 5.41) is 3.19. The van der Waals surface area contributed by atoms with Crippen LogP contribution in [0.1, 0.15) is 25.3 Å². The number of ether oxygens (including phenoxy) is 1. The maximum absolute atomic E-state index is 12.2. The number of benzene rings is 1. The van der Waals surface area contributed by atoms with E-state index in [9.17, 15) is 8.42 Å². The van der Waals surface area contributed by atoms with Crippen LogP contribution in [0.25, 0.3) is 0 Å². The molecule has 0 heterocycles. The van der Waals surface area contributed by atoms with Crippen molar-refractivity contribution in [2.75, 3.05) is 33.0 Å². The molecule has 1 N–H and O–H groups in total. The van der Waals surface area contributed by atoms with Crippen LogP contribution in [0, 0.1) is 0 Å². The van der Waals surface area contributed by atoms with Crippen LogP contribution in [0.4, 0.5) is 0 Å². The molecular weight excluding hydrogens is 288 g/mol. The Balaban J connectivity index is 2.54. The van der Waals surface area contributed by atoms with E-state index in [1.807, 2.05) is 31.2 Å². The lowest BCUT2D eigenvalue weighted by atomic mass is 10.2. The van der Waals surface area contributed by atoms with Crippen LogP contribution >= 0.6 is 0 Å². The summed E-state index contributed by atoms with van der Waals surface area (Å²) < 4.78 is 31.1. The Bertz CT molecular complexity index is 517. The molecule has 0 aliphatic rings. The van der Waals surface area contributed by atoms with Crippen LogP contribution in [0.2, 0.25) is 0 Å². The fourth-order valence-corrected chi connectivity index (χ4v) is 3.26. The van der Waals surface area contributed by atoms with E-state index in [4.69, 9.17) is 4.74 Å². The highest BCUT2D eigenvalue weighted by molar-refractivity contribution is 7.89. The monoisotopic (exact) mass is 314 g/mol. The number of hydrogen-bond acceptors (Lipinski definition) is 4. The molecule has 0 spiro atoms. The molecule has 21 heavy (non-hydrogen) atoms. The van der Waals surface area contributed by atoms with Crippen molar-refractivity contribution in [2.45, 2.75) is 26.3 Å². The summed E-state index contributed by atoms with van der Waals surface area (Å²) in [7, 11) is -0.0122. The van der Waals surface area contributed by atoms with Gasteiger partial charge in [-0.2, -0.15) is 0 Å². The highest BCUT2D eigenvalue weighted by Gasteiger charge is 2.18. The van der Waals surface area contributed by atoms with Crippen LogP contribution in [-0.2, 0) is 16.6 Å². The molecule has 5 nitrogen and oxygen atoms in total. The van der Waals surface area contributed by atoms with Gasteiger partial charge in [-0.3, -0.25) is 0 Å². The number of nitrogens with zero attached hydrogens (tertiary/aromatic N) is 1. The third-order valence-electron chi connectivity index (χ3n) is 3.32. The Kier molecular flexibility index (Phi) is 7.71. The number of rotatable bonds is 10. The maximum atomic E-state index is 12.2. The predicted octanol–water partition coefficient (Wildman–Crippen LogP) is 1.85. The number of hydrogen-bond donors (Lipinski definition) is 1. The van der Waals surface area contributed by atoms with Gasteiger partial charge in [-0.05, 0) is 32.0 Å². The van der Waals surface area contributed by atoms with E-state index in [2.05, 4.69) is 5.32 Å². The van der Waals surface area contributed by atoms with Gasteiger partial charge in [-0.1, -0.05) is 25.1 Å². The first kappa shape index (κ1) is 17.9. The summed E-state index contributed by atoms with van der Waals surface area (Å²) in [4.78, 5) is 0. The molecule has 0 atom stereocenters. The van der Waals surface area contributed by atoms with Crippen molar-refractivity contribution in [1.29, 1.82) is 0 Å². The molecule has 0 bridgehead atoms. The second kappa shape index (κ2) is 9.02. The minimum Gasteiger partial charge on any atom is -0.496 e. The van der Waals surface area contributed by atoms with Gasteiger partial charge in [0.2, 0.25) is 10.0 Å². The van der Waals surface area contributed by atoms with Crippen molar-refractivity contribution in [3.63, 3.8) is 0 Å². The Labute approximate surface area is 128 Å². The molecule has 0 saturated carbocycles. The first-order valence-corrected chi connectivity index (χ1v) is 8.88. The van der Waals surface area contributed by atoms with Crippen LogP contribution in [0.15, 0.2) is 24.3 Å². The molecule has 0 aliphatic carbocycles. The molecule has 0 radical (unpaired) electrons. The molecule has 0 aliphatic heterocycles. The fraction of sp³-hybridized carbons (Fsp3) is 0.600. The van der Waals surface area contributed by atoms with Crippen molar-refractivity contribution >= 4 is 10.0 Å². The topological polar surface area (TPSA) is 58.6 Å². The molecule has 0 fully saturated rings. The van der Waals surface area contributed by atoms with E-state index >= 15 is 0 Å². The van der Waals surface area contributed by atoms with Gasteiger partial charge in [-0.25, -0.2) is 12.7 Å².